The molecule has 52 valence electrons. The monoisotopic (exact) mass is 136 g/mol. The second-order valence-corrected chi connectivity index (χ2v) is 1.99. The molecule has 10 heavy (non-hydrogen) atoms. The van der Waals surface area contributed by atoms with Crippen molar-refractivity contribution in [1.29, 1.82) is 0 Å². The van der Waals surface area contributed by atoms with Gasteiger partial charge < -0.3 is 5.11 Å². The fourth-order valence-corrected chi connectivity index (χ4v) is 0.542. The maximum Gasteiger partial charge on any atom is 0.135 e. The lowest BCUT2D eigenvalue weighted by Crippen LogP contribution is -1.89. The normalized spacial score (nSPS) is 9.30. The van der Waals surface area contributed by atoms with Crippen LogP contribution in [-0.2, 0) is 0 Å². The molecule has 1 aromatic heterocycles. The van der Waals surface area contributed by atoms with Crippen molar-refractivity contribution >= 4 is 5.76 Å². The van der Waals surface area contributed by atoms with Crippen LogP contribution < -0.4 is 0 Å². The van der Waals surface area contributed by atoms with Crippen molar-refractivity contribution in [3.8, 4) is 0 Å². The van der Waals surface area contributed by atoms with Gasteiger partial charge in [0.2, 0.25) is 0 Å². The van der Waals surface area contributed by atoms with Crippen LogP contribution in [0.3, 0.4) is 0 Å². The fourth-order valence-electron chi connectivity index (χ4n) is 0.542. The summed E-state index contributed by atoms with van der Waals surface area (Å²) in [5, 5.41) is 8.82. The standard InChI is InChI=1S/C7H8N2O/c1-5-3-9-7(4-8-5)6(2)10/h3-4,10H,2H2,1H3. The van der Waals surface area contributed by atoms with E-state index in [1.165, 1.54) is 6.20 Å². The van der Waals surface area contributed by atoms with E-state index in [0.717, 1.165) is 5.69 Å². The first-order chi connectivity index (χ1) is 4.70. The Morgan fingerprint density at radius 2 is 2.20 bits per heavy atom. The highest BCUT2D eigenvalue weighted by molar-refractivity contribution is 5.49. The van der Waals surface area contributed by atoms with Gasteiger partial charge in [-0.2, -0.15) is 0 Å². The van der Waals surface area contributed by atoms with Gasteiger partial charge in [-0.3, -0.25) is 4.98 Å². The Bertz CT molecular complexity index is 240. The molecule has 0 saturated carbocycles. The van der Waals surface area contributed by atoms with Crippen molar-refractivity contribution in [2.24, 2.45) is 0 Å². The number of nitrogens with zero attached hydrogens (tertiary/aromatic N) is 2. The summed E-state index contributed by atoms with van der Waals surface area (Å²) in [4.78, 5) is 7.78. The lowest BCUT2D eigenvalue weighted by atomic mass is 10.4. The van der Waals surface area contributed by atoms with Crippen molar-refractivity contribution < 1.29 is 5.11 Å². The van der Waals surface area contributed by atoms with Gasteiger partial charge in [-0.25, -0.2) is 4.98 Å². The van der Waals surface area contributed by atoms with E-state index in [2.05, 4.69) is 16.5 Å². The van der Waals surface area contributed by atoms with E-state index in [1.807, 2.05) is 6.92 Å². The SMILES string of the molecule is C=C(O)c1cnc(C)cn1. The molecule has 1 heterocycles. The molecule has 0 radical (unpaired) electrons. The smallest absolute Gasteiger partial charge is 0.135 e. The molecular weight excluding hydrogens is 128 g/mol. The summed E-state index contributed by atoms with van der Waals surface area (Å²) in [6.07, 6.45) is 3.06. The Hall–Kier alpha value is -1.38. The molecule has 0 unspecified atom stereocenters. The molecule has 1 rings (SSSR count). The highest BCUT2D eigenvalue weighted by atomic mass is 16.3. The molecule has 0 fully saturated rings. The van der Waals surface area contributed by atoms with Crippen LogP contribution in [0.4, 0.5) is 0 Å². The van der Waals surface area contributed by atoms with E-state index in [9.17, 15) is 0 Å². The molecule has 0 aromatic carbocycles. The topological polar surface area (TPSA) is 46.0 Å². The highest BCUT2D eigenvalue weighted by Gasteiger charge is 1.95. The van der Waals surface area contributed by atoms with Crippen molar-refractivity contribution in [1.82, 2.24) is 9.97 Å². The highest BCUT2D eigenvalue weighted by Crippen LogP contribution is 2.02. The van der Waals surface area contributed by atoms with E-state index < -0.39 is 0 Å². The van der Waals surface area contributed by atoms with Crippen LogP contribution in [0.1, 0.15) is 11.4 Å². The summed E-state index contributed by atoms with van der Waals surface area (Å²) >= 11 is 0. The van der Waals surface area contributed by atoms with Crippen LogP contribution in [-0.4, -0.2) is 15.1 Å². The van der Waals surface area contributed by atoms with Crippen LogP contribution in [0.15, 0.2) is 19.0 Å². The molecule has 3 heteroatoms. The van der Waals surface area contributed by atoms with E-state index in [0.29, 0.717) is 5.69 Å². The molecular formula is C7H8N2O. The molecule has 0 bridgehead atoms. The minimum Gasteiger partial charge on any atom is -0.506 e. The zero-order valence-corrected chi connectivity index (χ0v) is 5.70. The molecule has 1 N–H and O–H groups in total. The van der Waals surface area contributed by atoms with Crippen molar-refractivity contribution in [3.05, 3.63) is 30.4 Å². The Balaban J connectivity index is 3.00. The number of hydrogen-bond acceptors (Lipinski definition) is 3. The van der Waals surface area contributed by atoms with Crippen LogP contribution in [0.2, 0.25) is 0 Å². The summed E-state index contributed by atoms with van der Waals surface area (Å²) in [6, 6.07) is 0. The van der Waals surface area contributed by atoms with Gasteiger partial charge in [-0.15, -0.1) is 0 Å². The number of aromatic nitrogens is 2. The zero-order chi connectivity index (χ0) is 7.56. The number of aliphatic hydroxyl groups is 1. The Morgan fingerprint density at radius 1 is 1.50 bits per heavy atom. The maximum absolute atomic E-state index is 8.82. The van der Waals surface area contributed by atoms with Gasteiger partial charge in [0.05, 0.1) is 11.9 Å². The van der Waals surface area contributed by atoms with Crippen LogP contribution in [0.25, 0.3) is 5.76 Å². The molecule has 0 saturated heterocycles. The molecule has 0 spiro atoms. The lowest BCUT2D eigenvalue weighted by Gasteiger charge is -1.95. The summed E-state index contributed by atoms with van der Waals surface area (Å²) in [7, 11) is 0. The average molecular weight is 136 g/mol. The van der Waals surface area contributed by atoms with Crippen LogP contribution in [0, 0.1) is 6.92 Å². The average Bonchev–Trinajstić information content (AvgIpc) is 1.88. The largest absolute Gasteiger partial charge is 0.506 e. The minimum atomic E-state index is -0.0486. The van der Waals surface area contributed by atoms with E-state index in [4.69, 9.17) is 5.11 Å². The second kappa shape index (κ2) is 2.47. The summed E-state index contributed by atoms with van der Waals surface area (Å²) < 4.78 is 0. The number of aryl methyl sites for hydroxylation is 1. The Labute approximate surface area is 59.1 Å². The molecule has 0 aliphatic rings. The predicted octanol–water partition coefficient (Wildman–Crippen LogP) is 1.31. The molecule has 0 atom stereocenters. The van der Waals surface area contributed by atoms with Gasteiger partial charge in [0.1, 0.15) is 11.5 Å². The fraction of sp³-hybridized carbons (Fsp3) is 0.143. The maximum atomic E-state index is 8.82. The third kappa shape index (κ3) is 1.31. The van der Waals surface area contributed by atoms with Gasteiger partial charge in [0.25, 0.3) is 0 Å². The molecule has 0 aliphatic carbocycles. The second-order valence-electron chi connectivity index (χ2n) is 1.99. The Morgan fingerprint density at radius 3 is 2.60 bits per heavy atom. The van der Waals surface area contributed by atoms with Gasteiger partial charge in [0, 0.05) is 6.20 Å². The summed E-state index contributed by atoms with van der Waals surface area (Å²) in [5.41, 5.74) is 1.25. The van der Waals surface area contributed by atoms with Gasteiger partial charge in [-0.05, 0) is 6.92 Å². The predicted molar refractivity (Wildman–Crippen MR) is 38.4 cm³/mol. The number of hydrogen-bond donors (Lipinski definition) is 1. The molecule has 1 aromatic rings. The molecule has 0 aliphatic heterocycles. The van der Waals surface area contributed by atoms with Gasteiger partial charge >= 0.3 is 0 Å². The number of rotatable bonds is 1. The van der Waals surface area contributed by atoms with Crippen molar-refractivity contribution in [2.45, 2.75) is 6.92 Å². The lowest BCUT2D eigenvalue weighted by molar-refractivity contribution is 0.510. The zero-order valence-electron chi connectivity index (χ0n) is 5.70. The first-order valence-electron chi connectivity index (χ1n) is 2.87. The third-order valence-corrected chi connectivity index (χ3v) is 1.08. The minimum absolute atomic E-state index is 0.0486. The Kier molecular flexibility index (Phi) is 1.67. The van der Waals surface area contributed by atoms with Crippen molar-refractivity contribution in [2.75, 3.05) is 0 Å². The quantitative estimate of drug-likeness (QED) is 0.592. The first-order valence-corrected chi connectivity index (χ1v) is 2.87. The van der Waals surface area contributed by atoms with Crippen LogP contribution in [0.5, 0.6) is 0 Å². The van der Waals surface area contributed by atoms with Gasteiger partial charge in [-0.1, -0.05) is 6.58 Å². The molecule has 3 nitrogen and oxygen atoms in total. The first kappa shape index (κ1) is 6.74. The summed E-state index contributed by atoms with van der Waals surface area (Å²) in [6.45, 7) is 5.14. The van der Waals surface area contributed by atoms with Crippen molar-refractivity contribution in [3.63, 3.8) is 0 Å². The van der Waals surface area contributed by atoms with Gasteiger partial charge in [0.15, 0.2) is 0 Å². The summed E-state index contributed by atoms with van der Waals surface area (Å²) in [5.74, 6) is -0.0486. The van der Waals surface area contributed by atoms with E-state index >= 15 is 0 Å². The third-order valence-electron chi connectivity index (χ3n) is 1.08. The molecule has 0 amide bonds. The van der Waals surface area contributed by atoms with E-state index in [-0.39, 0.29) is 5.76 Å². The number of aliphatic hydroxyl groups excluding tert-OH is 1. The van der Waals surface area contributed by atoms with E-state index in [1.54, 1.807) is 6.20 Å². The van der Waals surface area contributed by atoms with Crippen LogP contribution >= 0.6 is 0 Å².